The molecule has 0 spiro atoms. The van der Waals surface area contributed by atoms with Gasteiger partial charge in [0.05, 0.1) is 0 Å². The van der Waals surface area contributed by atoms with E-state index >= 15 is 0 Å². The molecule has 0 aromatic carbocycles. The largest absolute Gasteiger partial charge is 0.306 e. The highest BCUT2D eigenvalue weighted by Gasteiger charge is 2.22. The number of nitrogens with zero attached hydrogens (tertiary/aromatic N) is 1. The van der Waals surface area contributed by atoms with Gasteiger partial charge in [-0.3, -0.25) is 0 Å². The van der Waals surface area contributed by atoms with Crippen molar-refractivity contribution in [3.8, 4) is 0 Å². The molecule has 1 heteroatoms. The number of rotatable bonds is 2. The molecule has 2 rings (SSSR count). The second-order valence-corrected chi connectivity index (χ2v) is 5.13. The van der Waals surface area contributed by atoms with Gasteiger partial charge in [0.15, 0.2) is 0 Å². The van der Waals surface area contributed by atoms with Crippen molar-refractivity contribution < 1.29 is 0 Å². The van der Waals surface area contributed by atoms with Gasteiger partial charge in [0.1, 0.15) is 0 Å². The molecule has 76 valence electrons. The molecule has 1 aliphatic carbocycles. The van der Waals surface area contributed by atoms with E-state index in [1.165, 1.54) is 51.6 Å². The summed E-state index contributed by atoms with van der Waals surface area (Å²) in [5.74, 6) is 2.17. The fourth-order valence-corrected chi connectivity index (χ4v) is 3.02. The standard InChI is InChI=1S/C12H23N/c1-13-8-6-12(7-9-13)10-11-4-2-3-5-11/h11-12H,2-10H2,1H3. The molecule has 1 saturated heterocycles. The second-order valence-electron chi connectivity index (χ2n) is 5.13. The van der Waals surface area contributed by atoms with Crippen molar-refractivity contribution in [2.45, 2.75) is 44.9 Å². The maximum atomic E-state index is 2.48. The van der Waals surface area contributed by atoms with Crippen LogP contribution in [0.1, 0.15) is 44.9 Å². The Hall–Kier alpha value is -0.0400. The molecule has 0 aromatic heterocycles. The molecule has 13 heavy (non-hydrogen) atoms. The monoisotopic (exact) mass is 181 g/mol. The molecular formula is C12H23N. The molecule has 2 fully saturated rings. The first kappa shape index (κ1) is 9.51. The van der Waals surface area contributed by atoms with Crippen molar-refractivity contribution >= 4 is 0 Å². The summed E-state index contributed by atoms with van der Waals surface area (Å²) >= 11 is 0. The van der Waals surface area contributed by atoms with E-state index in [4.69, 9.17) is 0 Å². The van der Waals surface area contributed by atoms with Crippen LogP contribution < -0.4 is 0 Å². The van der Waals surface area contributed by atoms with Crippen LogP contribution in [0.5, 0.6) is 0 Å². The Labute approximate surface area is 82.5 Å². The predicted molar refractivity (Wildman–Crippen MR) is 56.8 cm³/mol. The third kappa shape index (κ3) is 2.70. The summed E-state index contributed by atoms with van der Waals surface area (Å²) in [6, 6.07) is 0. The van der Waals surface area contributed by atoms with Crippen LogP contribution in [-0.2, 0) is 0 Å². The molecule has 1 saturated carbocycles. The van der Waals surface area contributed by atoms with E-state index in [1.807, 2.05) is 0 Å². The van der Waals surface area contributed by atoms with Gasteiger partial charge >= 0.3 is 0 Å². The second kappa shape index (κ2) is 4.45. The molecule has 0 atom stereocenters. The van der Waals surface area contributed by atoms with Crippen molar-refractivity contribution in [2.24, 2.45) is 11.8 Å². The normalized spacial score (nSPS) is 28.4. The summed E-state index contributed by atoms with van der Waals surface area (Å²) in [7, 11) is 2.26. The van der Waals surface area contributed by atoms with E-state index in [0.29, 0.717) is 0 Å². The van der Waals surface area contributed by atoms with Crippen LogP contribution in [0.25, 0.3) is 0 Å². The molecule has 0 aromatic rings. The predicted octanol–water partition coefficient (Wildman–Crippen LogP) is 2.91. The number of hydrogen-bond acceptors (Lipinski definition) is 1. The SMILES string of the molecule is CN1CCC(CC2CCCC2)CC1. The van der Waals surface area contributed by atoms with E-state index in [0.717, 1.165) is 11.8 Å². The van der Waals surface area contributed by atoms with Crippen LogP contribution in [0.4, 0.5) is 0 Å². The lowest BCUT2D eigenvalue weighted by Gasteiger charge is -2.30. The number of hydrogen-bond donors (Lipinski definition) is 0. The first-order chi connectivity index (χ1) is 6.34. The fraction of sp³-hybridized carbons (Fsp3) is 1.00. The van der Waals surface area contributed by atoms with Crippen LogP contribution in [0.15, 0.2) is 0 Å². The van der Waals surface area contributed by atoms with Crippen molar-refractivity contribution in [1.82, 2.24) is 4.90 Å². The zero-order chi connectivity index (χ0) is 9.10. The van der Waals surface area contributed by atoms with Crippen molar-refractivity contribution in [1.29, 1.82) is 0 Å². The summed E-state index contributed by atoms with van der Waals surface area (Å²) < 4.78 is 0. The summed E-state index contributed by atoms with van der Waals surface area (Å²) in [4.78, 5) is 2.48. The van der Waals surface area contributed by atoms with Gasteiger partial charge in [0.2, 0.25) is 0 Å². The van der Waals surface area contributed by atoms with Crippen LogP contribution in [0.2, 0.25) is 0 Å². The lowest BCUT2D eigenvalue weighted by atomic mass is 9.86. The minimum atomic E-state index is 1.07. The minimum Gasteiger partial charge on any atom is -0.306 e. The lowest BCUT2D eigenvalue weighted by molar-refractivity contribution is 0.195. The van der Waals surface area contributed by atoms with Crippen LogP contribution in [0.3, 0.4) is 0 Å². The van der Waals surface area contributed by atoms with Gasteiger partial charge in [-0.2, -0.15) is 0 Å². The number of piperidine rings is 1. The number of likely N-dealkylation sites (tertiary alicyclic amines) is 1. The Morgan fingerprint density at radius 2 is 1.46 bits per heavy atom. The van der Waals surface area contributed by atoms with Gasteiger partial charge in [-0.05, 0) is 51.2 Å². The third-order valence-electron chi connectivity index (χ3n) is 3.98. The van der Waals surface area contributed by atoms with Crippen LogP contribution in [0, 0.1) is 11.8 Å². The smallest absolute Gasteiger partial charge is 0.00191 e. The van der Waals surface area contributed by atoms with E-state index in [2.05, 4.69) is 11.9 Å². The first-order valence-corrected chi connectivity index (χ1v) is 6.03. The highest BCUT2D eigenvalue weighted by Crippen LogP contribution is 2.33. The average Bonchev–Trinajstić information content (AvgIpc) is 2.62. The third-order valence-corrected chi connectivity index (χ3v) is 3.98. The molecular weight excluding hydrogens is 158 g/mol. The molecule has 2 aliphatic rings. The Balaban J connectivity index is 1.69. The van der Waals surface area contributed by atoms with E-state index in [9.17, 15) is 0 Å². The van der Waals surface area contributed by atoms with Gasteiger partial charge in [-0.1, -0.05) is 25.7 Å². The molecule has 1 heterocycles. The van der Waals surface area contributed by atoms with Crippen molar-refractivity contribution in [3.63, 3.8) is 0 Å². The highest BCUT2D eigenvalue weighted by molar-refractivity contribution is 4.75. The Kier molecular flexibility index (Phi) is 3.26. The topological polar surface area (TPSA) is 3.24 Å². The Morgan fingerprint density at radius 1 is 0.923 bits per heavy atom. The fourth-order valence-electron chi connectivity index (χ4n) is 3.02. The average molecular weight is 181 g/mol. The van der Waals surface area contributed by atoms with Crippen molar-refractivity contribution in [3.05, 3.63) is 0 Å². The van der Waals surface area contributed by atoms with E-state index < -0.39 is 0 Å². The molecule has 0 radical (unpaired) electrons. The maximum Gasteiger partial charge on any atom is -0.00191 e. The molecule has 0 bridgehead atoms. The van der Waals surface area contributed by atoms with Crippen molar-refractivity contribution in [2.75, 3.05) is 20.1 Å². The molecule has 1 nitrogen and oxygen atoms in total. The Morgan fingerprint density at radius 3 is 2.08 bits per heavy atom. The van der Waals surface area contributed by atoms with Gasteiger partial charge in [0, 0.05) is 0 Å². The minimum absolute atomic E-state index is 1.07. The molecule has 0 amide bonds. The Bertz CT molecular complexity index is 141. The van der Waals surface area contributed by atoms with Gasteiger partial charge in [0.25, 0.3) is 0 Å². The van der Waals surface area contributed by atoms with Crippen LogP contribution >= 0.6 is 0 Å². The molecule has 1 aliphatic heterocycles. The van der Waals surface area contributed by atoms with Gasteiger partial charge in [-0.25, -0.2) is 0 Å². The quantitative estimate of drug-likeness (QED) is 0.633. The highest BCUT2D eigenvalue weighted by atomic mass is 15.1. The van der Waals surface area contributed by atoms with Crippen LogP contribution in [-0.4, -0.2) is 25.0 Å². The maximum absolute atomic E-state index is 2.48. The zero-order valence-corrected chi connectivity index (χ0v) is 8.97. The first-order valence-electron chi connectivity index (χ1n) is 6.03. The van der Waals surface area contributed by atoms with Gasteiger partial charge in [-0.15, -0.1) is 0 Å². The molecule has 0 N–H and O–H groups in total. The molecule has 0 unspecified atom stereocenters. The summed E-state index contributed by atoms with van der Waals surface area (Å²) in [6.45, 7) is 2.69. The summed E-state index contributed by atoms with van der Waals surface area (Å²) in [6.07, 6.45) is 10.6. The lowest BCUT2D eigenvalue weighted by Crippen LogP contribution is -2.30. The van der Waals surface area contributed by atoms with E-state index in [-0.39, 0.29) is 0 Å². The summed E-state index contributed by atoms with van der Waals surface area (Å²) in [5.41, 5.74) is 0. The summed E-state index contributed by atoms with van der Waals surface area (Å²) in [5, 5.41) is 0. The van der Waals surface area contributed by atoms with Gasteiger partial charge < -0.3 is 4.90 Å². The van der Waals surface area contributed by atoms with E-state index in [1.54, 1.807) is 6.42 Å². The zero-order valence-electron chi connectivity index (χ0n) is 8.97.